The Labute approximate surface area is 105 Å². The first kappa shape index (κ1) is 13.0. The molecule has 1 atom stereocenters. The van der Waals surface area contributed by atoms with Gasteiger partial charge in [-0.1, -0.05) is 29.3 Å². The van der Waals surface area contributed by atoms with Gasteiger partial charge in [0.2, 0.25) is 0 Å². The molecule has 1 aromatic rings. The van der Waals surface area contributed by atoms with Crippen LogP contribution >= 0.6 is 34.5 Å². The molecule has 0 radical (unpaired) electrons. The molecule has 1 unspecified atom stereocenters. The predicted octanol–water partition coefficient (Wildman–Crippen LogP) is 4.67. The molecule has 0 spiro atoms. The van der Waals surface area contributed by atoms with Crippen molar-refractivity contribution in [2.24, 2.45) is 0 Å². The average Bonchev–Trinajstić information content (AvgIpc) is 2.53. The summed E-state index contributed by atoms with van der Waals surface area (Å²) in [5.74, 6) is 0. The minimum Gasteiger partial charge on any atom is -0.313 e. The van der Waals surface area contributed by atoms with E-state index in [0.717, 1.165) is 33.5 Å². The number of unbranched alkanes of at least 4 members (excludes halogenated alkanes) is 1. The van der Waals surface area contributed by atoms with E-state index in [-0.39, 0.29) is 0 Å². The highest BCUT2D eigenvalue weighted by Gasteiger charge is 2.15. The van der Waals surface area contributed by atoms with E-state index in [2.05, 4.69) is 11.9 Å². The van der Waals surface area contributed by atoms with Gasteiger partial charge in [0.25, 0.3) is 0 Å². The predicted molar refractivity (Wildman–Crippen MR) is 70.2 cm³/mol. The Kier molecular flexibility index (Phi) is 5.69. The van der Waals surface area contributed by atoms with Crippen LogP contribution in [0.25, 0.3) is 0 Å². The number of nitrogens with one attached hydrogen (secondary N) is 1. The molecule has 1 aromatic heterocycles. The summed E-state index contributed by atoms with van der Waals surface area (Å²) < 4.78 is 1.54. The summed E-state index contributed by atoms with van der Waals surface area (Å²) in [5.41, 5.74) is 1.11. The lowest BCUT2D eigenvalue weighted by molar-refractivity contribution is 0.531. The molecule has 1 nitrogen and oxygen atoms in total. The van der Waals surface area contributed by atoms with Crippen molar-refractivity contribution in [1.82, 2.24) is 5.32 Å². The summed E-state index contributed by atoms with van der Waals surface area (Å²) in [4.78, 5) is 0. The number of hydrogen-bond donors (Lipinski definition) is 1. The molecule has 1 heterocycles. The lowest BCUT2D eigenvalue weighted by atomic mass is 10.0. The van der Waals surface area contributed by atoms with Crippen molar-refractivity contribution in [3.05, 3.63) is 33.0 Å². The molecule has 15 heavy (non-hydrogen) atoms. The van der Waals surface area contributed by atoms with E-state index in [4.69, 9.17) is 23.2 Å². The zero-order chi connectivity index (χ0) is 11.3. The van der Waals surface area contributed by atoms with Gasteiger partial charge in [0.1, 0.15) is 0 Å². The van der Waals surface area contributed by atoms with E-state index < -0.39 is 0 Å². The summed E-state index contributed by atoms with van der Waals surface area (Å²) in [6.07, 6.45) is 5.14. The second-order valence-corrected chi connectivity index (χ2v) is 5.63. The Morgan fingerprint density at radius 2 is 2.33 bits per heavy atom. The molecule has 84 valence electrons. The molecule has 0 aliphatic heterocycles. The topological polar surface area (TPSA) is 12.0 Å². The maximum Gasteiger partial charge on any atom is 0.0991 e. The molecule has 0 bridgehead atoms. The third-order valence-electron chi connectivity index (χ3n) is 2.31. The van der Waals surface area contributed by atoms with Crippen molar-refractivity contribution in [3.8, 4) is 0 Å². The lowest BCUT2D eigenvalue weighted by Gasteiger charge is -2.14. The Bertz CT molecular complexity index is 322. The van der Waals surface area contributed by atoms with Gasteiger partial charge < -0.3 is 5.32 Å². The van der Waals surface area contributed by atoms with Crippen LogP contribution in [-0.4, -0.2) is 7.05 Å². The number of thiophene rings is 1. The monoisotopic (exact) mass is 263 g/mol. The Hall–Kier alpha value is -0.0200. The molecule has 0 aliphatic rings. The highest BCUT2D eigenvalue weighted by Crippen LogP contribution is 2.36. The summed E-state index contributed by atoms with van der Waals surface area (Å²) in [6, 6.07) is 2.24. The molecule has 4 heteroatoms. The van der Waals surface area contributed by atoms with Gasteiger partial charge in [-0.25, -0.2) is 0 Å². The van der Waals surface area contributed by atoms with Gasteiger partial charge in [-0.3, -0.25) is 0 Å². The second kappa shape index (κ2) is 6.54. The Morgan fingerprint density at radius 3 is 2.80 bits per heavy atom. The van der Waals surface area contributed by atoms with Gasteiger partial charge in [0.05, 0.1) is 8.67 Å². The quantitative estimate of drug-likeness (QED) is 0.581. The molecule has 0 aromatic carbocycles. The van der Waals surface area contributed by atoms with E-state index in [0.29, 0.717) is 6.04 Å². The van der Waals surface area contributed by atoms with E-state index >= 15 is 0 Å². The van der Waals surface area contributed by atoms with Gasteiger partial charge >= 0.3 is 0 Å². The van der Waals surface area contributed by atoms with Crippen LogP contribution in [-0.2, 0) is 0 Å². The number of rotatable bonds is 6. The van der Waals surface area contributed by atoms with Crippen molar-refractivity contribution < 1.29 is 0 Å². The molecule has 0 aliphatic carbocycles. The van der Waals surface area contributed by atoms with E-state index in [9.17, 15) is 0 Å². The van der Waals surface area contributed by atoms with Crippen LogP contribution < -0.4 is 5.32 Å². The van der Waals surface area contributed by atoms with Crippen molar-refractivity contribution in [3.63, 3.8) is 0 Å². The SMILES string of the molecule is C=CCCCC(NC)c1cc(Cl)sc1Cl. The third kappa shape index (κ3) is 3.80. The highest BCUT2D eigenvalue weighted by atomic mass is 35.5. The van der Waals surface area contributed by atoms with Crippen LogP contribution in [0.4, 0.5) is 0 Å². The van der Waals surface area contributed by atoms with Gasteiger partial charge in [-0.05, 0) is 32.4 Å². The molecule has 1 rings (SSSR count). The van der Waals surface area contributed by atoms with Crippen LogP contribution in [0.1, 0.15) is 30.9 Å². The smallest absolute Gasteiger partial charge is 0.0991 e. The van der Waals surface area contributed by atoms with Crippen LogP contribution in [0.5, 0.6) is 0 Å². The lowest BCUT2D eigenvalue weighted by Crippen LogP contribution is -2.15. The number of halogens is 2. The van der Waals surface area contributed by atoms with Gasteiger partial charge in [0, 0.05) is 11.6 Å². The van der Waals surface area contributed by atoms with Crippen molar-refractivity contribution >= 4 is 34.5 Å². The molecular formula is C11H15Cl2NS. The molecule has 0 saturated carbocycles. The van der Waals surface area contributed by atoms with Gasteiger partial charge in [0.15, 0.2) is 0 Å². The normalized spacial score (nSPS) is 12.7. The fourth-order valence-electron chi connectivity index (χ4n) is 1.51. The second-order valence-electron chi connectivity index (χ2n) is 3.34. The fourth-order valence-corrected chi connectivity index (χ4v) is 3.09. The van der Waals surface area contributed by atoms with Crippen LogP contribution in [0.15, 0.2) is 18.7 Å². The third-order valence-corrected chi connectivity index (χ3v) is 3.83. The first-order valence-electron chi connectivity index (χ1n) is 4.92. The van der Waals surface area contributed by atoms with Crippen LogP contribution in [0.2, 0.25) is 8.67 Å². The summed E-state index contributed by atoms with van der Waals surface area (Å²) in [5, 5.41) is 3.26. The van der Waals surface area contributed by atoms with Crippen molar-refractivity contribution in [2.45, 2.75) is 25.3 Å². The first-order chi connectivity index (χ1) is 7.19. The van der Waals surface area contributed by atoms with Crippen LogP contribution in [0, 0.1) is 0 Å². The molecule has 0 saturated heterocycles. The minimum absolute atomic E-state index is 0.293. The van der Waals surface area contributed by atoms with Crippen molar-refractivity contribution in [1.29, 1.82) is 0 Å². The molecule has 0 fully saturated rings. The molecule has 0 amide bonds. The first-order valence-corrected chi connectivity index (χ1v) is 6.49. The standard InChI is InChI=1S/C11H15Cl2NS/c1-3-4-5-6-9(14-2)8-7-10(12)15-11(8)13/h3,7,9,14H,1,4-6H2,2H3. The fraction of sp³-hybridized carbons (Fsp3) is 0.455. The van der Waals surface area contributed by atoms with Gasteiger partial charge in [-0.2, -0.15) is 0 Å². The largest absolute Gasteiger partial charge is 0.313 e. The van der Waals surface area contributed by atoms with Gasteiger partial charge in [-0.15, -0.1) is 17.9 Å². The Balaban J connectivity index is 2.65. The van der Waals surface area contributed by atoms with E-state index in [1.54, 1.807) is 0 Å². The summed E-state index contributed by atoms with van der Waals surface area (Å²) in [6.45, 7) is 3.71. The van der Waals surface area contributed by atoms with Crippen molar-refractivity contribution in [2.75, 3.05) is 7.05 Å². The summed E-state index contributed by atoms with van der Waals surface area (Å²) >= 11 is 13.4. The Morgan fingerprint density at radius 1 is 1.60 bits per heavy atom. The maximum absolute atomic E-state index is 6.11. The van der Waals surface area contributed by atoms with E-state index in [1.165, 1.54) is 11.3 Å². The molecule has 1 N–H and O–H groups in total. The maximum atomic E-state index is 6.11. The zero-order valence-electron chi connectivity index (χ0n) is 8.72. The highest BCUT2D eigenvalue weighted by molar-refractivity contribution is 7.20. The summed E-state index contributed by atoms with van der Waals surface area (Å²) in [7, 11) is 1.94. The van der Waals surface area contributed by atoms with Crippen LogP contribution in [0.3, 0.4) is 0 Å². The average molecular weight is 264 g/mol. The molecular weight excluding hydrogens is 249 g/mol. The van der Waals surface area contributed by atoms with E-state index in [1.807, 2.05) is 19.2 Å². The zero-order valence-corrected chi connectivity index (χ0v) is 11.1. The number of hydrogen-bond acceptors (Lipinski definition) is 2. The minimum atomic E-state index is 0.293. The number of allylic oxidation sites excluding steroid dienone is 1.